The van der Waals surface area contributed by atoms with Crippen molar-refractivity contribution in [2.75, 3.05) is 7.11 Å². The maximum absolute atomic E-state index is 11.4. The fourth-order valence-electron chi connectivity index (χ4n) is 2.22. The second-order valence-electron chi connectivity index (χ2n) is 4.68. The van der Waals surface area contributed by atoms with E-state index in [1.807, 2.05) is 30.3 Å². The fraction of sp³-hybridized carbons (Fsp3) is 0.533. The van der Waals surface area contributed by atoms with Gasteiger partial charge in [0.25, 0.3) is 0 Å². The summed E-state index contributed by atoms with van der Waals surface area (Å²) in [5.41, 5.74) is 0.982. The van der Waals surface area contributed by atoms with Crippen molar-refractivity contribution in [1.82, 2.24) is 0 Å². The summed E-state index contributed by atoms with van der Waals surface area (Å²) in [6, 6.07) is 9.80. The summed E-state index contributed by atoms with van der Waals surface area (Å²) in [6.07, 6.45) is 1.50. The van der Waals surface area contributed by atoms with Gasteiger partial charge in [0, 0.05) is 12.0 Å². The van der Waals surface area contributed by atoms with Crippen molar-refractivity contribution in [3.63, 3.8) is 0 Å². The number of benzene rings is 1. The first kappa shape index (κ1) is 14.0. The Bertz CT molecular complexity index is 404. The van der Waals surface area contributed by atoms with Crippen molar-refractivity contribution in [2.24, 2.45) is 0 Å². The molecule has 1 aromatic rings. The standard InChI is InChI=1S/C15H20O4/c1-3-12-9-13(10-14(16)17-2)19-15(18-12)11-7-5-4-6-8-11/h4-8,12-13,15H,3,9-10H2,1-2H3/t12-,13-,15-/m1/s1. The number of hydrogen-bond donors (Lipinski definition) is 0. The Morgan fingerprint density at radius 3 is 2.58 bits per heavy atom. The third-order valence-electron chi connectivity index (χ3n) is 3.31. The molecule has 0 radical (unpaired) electrons. The first-order chi connectivity index (χ1) is 9.22. The van der Waals surface area contributed by atoms with E-state index in [-0.39, 0.29) is 24.6 Å². The molecule has 104 valence electrons. The van der Waals surface area contributed by atoms with Crippen LogP contribution in [0.5, 0.6) is 0 Å². The number of carbonyl (C=O) groups excluding carboxylic acids is 1. The van der Waals surface area contributed by atoms with Crippen molar-refractivity contribution in [1.29, 1.82) is 0 Å². The van der Waals surface area contributed by atoms with Gasteiger partial charge in [0.1, 0.15) is 0 Å². The normalized spacial score (nSPS) is 26.9. The second kappa shape index (κ2) is 6.68. The number of rotatable bonds is 4. The molecule has 1 fully saturated rings. The van der Waals surface area contributed by atoms with Gasteiger partial charge in [-0.25, -0.2) is 0 Å². The van der Waals surface area contributed by atoms with Gasteiger partial charge in [0.15, 0.2) is 6.29 Å². The molecular weight excluding hydrogens is 244 g/mol. The molecule has 0 aliphatic carbocycles. The molecule has 0 unspecified atom stereocenters. The Kier molecular flexibility index (Phi) is 4.93. The van der Waals surface area contributed by atoms with Crippen LogP contribution in [0.25, 0.3) is 0 Å². The largest absolute Gasteiger partial charge is 0.469 e. The average Bonchev–Trinajstić information content (AvgIpc) is 2.47. The van der Waals surface area contributed by atoms with Crippen LogP contribution in [0.2, 0.25) is 0 Å². The summed E-state index contributed by atoms with van der Waals surface area (Å²) in [5, 5.41) is 0. The van der Waals surface area contributed by atoms with E-state index in [9.17, 15) is 4.79 Å². The second-order valence-corrected chi connectivity index (χ2v) is 4.68. The van der Waals surface area contributed by atoms with Gasteiger partial charge in [-0.15, -0.1) is 0 Å². The maximum Gasteiger partial charge on any atom is 0.308 e. The molecule has 19 heavy (non-hydrogen) atoms. The number of esters is 1. The lowest BCUT2D eigenvalue weighted by atomic mass is 10.0. The van der Waals surface area contributed by atoms with Crippen molar-refractivity contribution in [3.8, 4) is 0 Å². The Balaban J connectivity index is 2.06. The molecule has 4 nitrogen and oxygen atoms in total. The summed E-state index contributed by atoms with van der Waals surface area (Å²) < 4.78 is 16.4. The van der Waals surface area contributed by atoms with Gasteiger partial charge >= 0.3 is 5.97 Å². The summed E-state index contributed by atoms with van der Waals surface area (Å²) >= 11 is 0. The minimum atomic E-state index is -0.394. The van der Waals surface area contributed by atoms with Crippen molar-refractivity contribution in [2.45, 2.75) is 44.7 Å². The predicted molar refractivity (Wildman–Crippen MR) is 70.5 cm³/mol. The van der Waals surface area contributed by atoms with Gasteiger partial charge < -0.3 is 14.2 Å². The fourth-order valence-corrected chi connectivity index (χ4v) is 2.22. The Morgan fingerprint density at radius 1 is 1.26 bits per heavy atom. The topological polar surface area (TPSA) is 44.8 Å². The van der Waals surface area contributed by atoms with Crippen LogP contribution < -0.4 is 0 Å². The smallest absolute Gasteiger partial charge is 0.308 e. The minimum absolute atomic E-state index is 0.119. The van der Waals surface area contributed by atoms with E-state index in [0.29, 0.717) is 0 Å². The highest BCUT2D eigenvalue weighted by Crippen LogP contribution is 2.32. The monoisotopic (exact) mass is 264 g/mol. The third-order valence-corrected chi connectivity index (χ3v) is 3.31. The molecule has 4 heteroatoms. The third kappa shape index (κ3) is 3.78. The summed E-state index contributed by atoms with van der Waals surface area (Å²) in [4.78, 5) is 11.4. The molecular formula is C15H20O4. The van der Waals surface area contributed by atoms with Gasteiger partial charge in [0.05, 0.1) is 25.7 Å². The highest BCUT2D eigenvalue weighted by Gasteiger charge is 2.31. The number of carbonyl (C=O) groups is 1. The molecule has 1 saturated heterocycles. The zero-order chi connectivity index (χ0) is 13.7. The lowest BCUT2D eigenvalue weighted by Gasteiger charge is -2.35. The Morgan fingerprint density at radius 2 is 1.95 bits per heavy atom. The predicted octanol–water partition coefficient (Wildman–Crippen LogP) is 2.83. The molecule has 0 N–H and O–H groups in total. The zero-order valence-corrected chi connectivity index (χ0v) is 11.4. The van der Waals surface area contributed by atoms with Crippen molar-refractivity contribution in [3.05, 3.63) is 35.9 Å². The first-order valence-corrected chi connectivity index (χ1v) is 6.65. The van der Waals surface area contributed by atoms with E-state index >= 15 is 0 Å². The van der Waals surface area contributed by atoms with Crippen molar-refractivity contribution < 1.29 is 19.0 Å². The van der Waals surface area contributed by atoms with Crippen LogP contribution in [0, 0.1) is 0 Å². The lowest BCUT2D eigenvalue weighted by Crippen LogP contribution is -2.35. The van der Waals surface area contributed by atoms with E-state index in [0.717, 1.165) is 18.4 Å². The van der Waals surface area contributed by atoms with Gasteiger partial charge in [-0.1, -0.05) is 37.3 Å². The average molecular weight is 264 g/mol. The van der Waals surface area contributed by atoms with Crippen LogP contribution in [-0.2, 0) is 19.0 Å². The first-order valence-electron chi connectivity index (χ1n) is 6.65. The molecule has 0 spiro atoms. The van der Waals surface area contributed by atoms with Crippen LogP contribution >= 0.6 is 0 Å². The zero-order valence-electron chi connectivity index (χ0n) is 11.4. The van der Waals surface area contributed by atoms with Crippen molar-refractivity contribution >= 4 is 5.97 Å². The molecule has 0 saturated carbocycles. The van der Waals surface area contributed by atoms with Gasteiger partial charge in [-0.3, -0.25) is 4.79 Å². The highest BCUT2D eigenvalue weighted by atomic mass is 16.7. The van der Waals surface area contributed by atoms with E-state index in [2.05, 4.69) is 6.92 Å². The SMILES string of the molecule is CC[C@@H]1C[C@H](CC(=O)OC)O[C@H](c2ccccc2)O1. The van der Waals surface area contributed by atoms with E-state index in [1.54, 1.807) is 0 Å². The van der Waals surface area contributed by atoms with Gasteiger partial charge in [0.2, 0.25) is 0 Å². The van der Waals surface area contributed by atoms with Gasteiger partial charge in [-0.2, -0.15) is 0 Å². The molecule has 3 atom stereocenters. The van der Waals surface area contributed by atoms with Crippen LogP contribution in [0.1, 0.15) is 38.0 Å². The van der Waals surface area contributed by atoms with Crippen LogP contribution in [0.3, 0.4) is 0 Å². The Hall–Kier alpha value is -1.39. The lowest BCUT2D eigenvalue weighted by molar-refractivity contribution is -0.249. The van der Waals surface area contributed by atoms with Crippen LogP contribution in [-0.4, -0.2) is 25.3 Å². The van der Waals surface area contributed by atoms with Crippen LogP contribution in [0.4, 0.5) is 0 Å². The molecule has 1 aromatic carbocycles. The number of ether oxygens (including phenoxy) is 3. The number of hydrogen-bond acceptors (Lipinski definition) is 4. The summed E-state index contributed by atoms with van der Waals surface area (Å²) in [5.74, 6) is -0.242. The highest BCUT2D eigenvalue weighted by molar-refractivity contribution is 5.69. The minimum Gasteiger partial charge on any atom is -0.469 e. The Labute approximate surface area is 113 Å². The van der Waals surface area contributed by atoms with E-state index in [4.69, 9.17) is 14.2 Å². The molecule has 1 heterocycles. The molecule has 0 amide bonds. The molecule has 0 bridgehead atoms. The number of methoxy groups -OCH3 is 1. The molecule has 2 rings (SSSR count). The maximum atomic E-state index is 11.4. The molecule has 0 aromatic heterocycles. The van der Waals surface area contributed by atoms with Gasteiger partial charge in [-0.05, 0) is 6.42 Å². The summed E-state index contributed by atoms with van der Waals surface area (Å²) in [6.45, 7) is 2.08. The molecule has 1 aliphatic heterocycles. The quantitative estimate of drug-likeness (QED) is 0.784. The summed E-state index contributed by atoms with van der Waals surface area (Å²) in [7, 11) is 1.40. The molecule has 1 aliphatic rings. The van der Waals surface area contributed by atoms with E-state index < -0.39 is 6.29 Å². The van der Waals surface area contributed by atoms with Crippen LogP contribution in [0.15, 0.2) is 30.3 Å². The van der Waals surface area contributed by atoms with E-state index in [1.165, 1.54) is 7.11 Å².